The van der Waals surface area contributed by atoms with Crippen LogP contribution in [0.25, 0.3) is 0 Å². The van der Waals surface area contributed by atoms with E-state index in [1.165, 1.54) is 4.88 Å². The third kappa shape index (κ3) is 6.63. The predicted octanol–water partition coefficient (Wildman–Crippen LogP) is 5.09. The van der Waals surface area contributed by atoms with Gasteiger partial charge < -0.3 is 24.0 Å². The first-order valence-electron chi connectivity index (χ1n) is 12.2. The number of nitrogens with zero attached hydrogens (tertiary/aromatic N) is 2. The van der Waals surface area contributed by atoms with Gasteiger partial charge in [-0.25, -0.2) is 0 Å². The van der Waals surface area contributed by atoms with E-state index in [0.29, 0.717) is 48.2 Å². The number of benzene rings is 2. The van der Waals surface area contributed by atoms with Crippen molar-refractivity contribution in [2.24, 2.45) is 0 Å². The lowest BCUT2D eigenvalue weighted by atomic mass is 10.0. The van der Waals surface area contributed by atoms with Crippen molar-refractivity contribution in [1.82, 2.24) is 9.80 Å². The summed E-state index contributed by atoms with van der Waals surface area (Å²) in [5.41, 5.74) is 1.54. The third-order valence-electron chi connectivity index (χ3n) is 6.34. The second-order valence-electron chi connectivity index (χ2n) is 8.70. The fourth-order valence-corrected chi connectivity index (χ4v) is 5.61. The molecular formula is C28H31ClN2O5S. The number of halogens is 1. The van der Waals surface area contributed by atoms with Crippen LogP contribution < -0.4 is 9.47 Å². The Hall–Kier alpha value is -3.07. The van der Waals surface area contributed by atoms with Crippen LogP contribution in [0, 0.1) is 0 Å². The average Bonchev–Trinajstić information content (AvgIpc) is 3.40. The van der Waals surface area contributed by atoms with E-state index >= 15 is 0 Å². The van der Waals surface area contributed by atoms with E-state index < -0.39 is 0 Å². The Bertz CT molecular complexity index is 1220. The lowest BCUT2D eigenvalue weighted by Gasteiger charge is -2.37. The predicted molar refractivity (Wildman–Crippen MR) is 145 cm³/mol. The summed E-state index contributed by atoms with van der Waals surface area (Å²) in [5, 5.41) is 2.53. The summed E-state index contributed by atoms with van der Waals surface area (Å²) in [6.45, 7) is 1.68. The van der Waals surface area contributed by atoms with Crippen molar-refractivity contribution >= 4 is 34.8 Å². The van der Waals surface area contributed by atoms with Crippen molar-refractivity contribution in [2.45, 2.75) is 18.9 Å². The van der Waals surface area contributed by atoms with E-state index in [9.17, 15) is 9.59 Å². The highest BCUT2D eigenvalue weighted by atomic mass is 35.5. The molecule has 1 atom stereocenters. The van der Waals surface area contributed by atoms with Crippen molar-refractivity contribution in [3.63, 3.8) is 0 Å². The highest BCUT2D eigenvalue weighted by Gasteiger charge is 2.33. The second kappa shape index (κ2) is 12.9. The molecule has 37 heavy (non-hydrogen) atoms. The fraction of sp³-hybridized carbons (Fsp3) is 0.357. The van der Waals surface area contributed by atoms with Crippen LogP contribution in [-0.4, -0.2) is 68.7 Å². The number of ether oxygens (including phenoxy) is 3. The Balaban J connectivity index is 1.54. The third-order valence-corrected chi connectivity index (χ3v) is 7.57. The molecular weight excluding hydrogens is 512 g/mol. The largest absolute Gasteiger partial charge is 0.493 e. The van der Waals surface area contributed by atoms with Crippen molar-refractivity contribution in [1.29, 1.82) is 0 Å². The number of amides is 2. The molecule has 4 rings (SSSR count). The minimum atomic E-state index is -0.269. The molecule has 0 saturated heterocycles. The first kappa shape index (κ1) is 27.0. The van der Waals surface area contributed by atoms with Gasteiger partial charge in [0.1, 0.15) is 13.2 Å². The van der Waals surface area contributed by atoms with Crippen molar-refractivity contribution in [3.05, 3.63) is 81.0 Å². The Labute approximate surface area is 226 Å². The minimum Gasteiger partial charge on any atom is -0.493 e. The monoisotopic (exact) mass is 542 g/mol. The number of para-hydroxylation sites is 2. The van der Waals surface area contributed by atoms with E-state index in [-0.39, 0.29) is 31.0 Å². The molecule has 2 heterocycles. The molecule has 0 saturated carbocycles. The number of rotatable bonds is 11. The normalized spacial score (nSPS) is 14.7. The minimum absolute atomic E-state index is 0.0420. The van der Waals surface area contributed by atoms with E-state index in [0.717, 1.165) is 12.0 Å². The maximum absolute atomic E-state index is 13.7. The molecule has 0 N–H and O–H groups in total. The standard InChI is InChI=1S/C28H31ClN2O5S/c1-34-15-6-13-30(28(33)20-7-5-8-21(29)17-20)18-27(32)31-14-11-26-22(12-16-37-26)23(31)19-36-25-10-4-3-9-24(25)35-2/h3-5,7-10,12,16-17,23H,6,11,13-15,18-19H2,1-2H3/t23-/m1/s1. The SMILES string of the molecule is COCCCN(CC(=O)N1CCc2sccc2[C@H]1COc1ccccc1OC)C(=O)c1cccc(Cl)c1. The number of carbonyl (C=O) groups is 2. The van der Waals surface area contributed by atoms with Crippen LogP contribution in [0.2, 0.25) is 5.02 Å². The van der Waals surface area contributed by atoms with Gasteiger partial charge in [-0.1, -0.05) is 29.8 Å². The zero-order valence-electron chi connectivity index (χ0n) is 21.0. The molecule has 7 nitrogen and oxygen atoms in total. The number of hydrogen-bond donors (Lipinski definition) is 0. The molecule has 0 fully saturated rings. The number of hydrogen-bond acceptors (Lipinski definition) is 6. The van der Waals surface area contributed by atoms with E-state index in [1.807, 2.05) is 29.2 Å². The van der Waals surface area contributed by atoms with Crippen LogP contribution in [0.1, 0.15) is 33.3 Å². The van der Waals surface area contributed by atoms with Gasteiger partial charge >= 0.3 is 0 Å². The number of methoxy groups -OCH3 is 2. The molecule has 1 aromatic heterocycles. The quantitative estimate of drug-likeness (QED) is 0.316. The van der Waals surface area contributed by atoms with Crippen LogP contribution in [-0.2, 0) is 16.0 Å². The summed E-state index contributed by atoms with van der Waals surface area (Å²) in [6, 6.07) is 16.0. The van der Waals surface area contributed by atoms with Crippen LogP contribution >= 0.6 is 22.9 Å². The Morgan fingerprint density at radius 3 is 2.68 bits per heavy atom. The van der Waals surface area contributed by atoms with Gasteiger partial charge in [0.2, 0.25) is 5.91 Å². The first-order chi connectivity index (χ1) is 18.0. The van der Waals surface area contributed by atoms with Gasteiger partial charge in [0.05, 0.1) is 13.2 Å². The molecule has 0 radical (unpaired) electrons. The summed E-state index contributed by atoms with van der Waals surface area (Å²) in [4.78, 5) is 31.7. The molecule has 0 bridgehead atoms. The maximum Gasteiger partial charge on any atom is 0.254 e. The van der Waals surface area contributed by atoms with Crippen molar-refractivity contribution in [3.8, 4) is 11.5 Å². The number of thiophene rings is 1. The highest BCUT2D eigenvalue weighted by Crippen LogP contribution is 2.35. The van der Waals surface area contributed by atoms with Crippen LogP contribution in [0.3, 0.4) is 0 Å². The molecule has 0 aliphatic carbocycles. The zero-order chi connectivity index (χ0) is 26.2. The molecule has 2 aromatic carbocycles. The summed E-state index contributed by atoms with van der Waals surface area (Å²) >= 11 is 7.82. The highest BCUT2D eigenvalue weighted by molar-refractivity contribution is 7.10. The maximum atomic E-state index is 13.7. The van der Waals surface area contributed by atoms with Crippen molar-refractivity contribution in [2.75, 3.05) is 47.1 Å². The molecule has 0 unspecified atom stereocenters. The van der Waals surface area contributed by atoms with E-state index in [2.05, 4.69) is 11.4 Å². The second-order valence-corrected chi connectivity index (χ2v) is 10.1. The van der Waals surface area contributed by atoms with Crippen molar-refractivity contribution < 1.29 is 23.8 Å². The Morgan fingerprint density at radius 1 is 1.11 bits per heavy atom. The molecule has 3 aromatic rings. The lowest BCUT2D eigenvalue weighted by molar-refractivity contribution is -0.135. The Kier molecular flexibility index (Phi) is 9.44. The first-order valence-corrected chi connectivity index (χ1v) is 13.4. The summed E-state index contributed by atoms with van der Waals surface area (Å²) in [7, 11) is 3.22. The topological polar surface area (TPSA) is 68.3 Å². The van der Waals surface area contributed by atoms with Crippen LogP contribution in [0.5, 0.6) is 11.5 Å². The van der Waals surface area contributed by atoms with Gasteiger partial charge in [-0.05, 0) is 60.2 Å². The summed E-state index contributed by atoms with van der Waals surface area (Å²) < 4.78 is 16.8. The van der Waals surface area contributed by atoms with Gasteiger partial charge in [-0.3, -0.25) is 9.59 Å². The molecule has 9 heteroatoms. The summed E-state index contributed by atoms with van der Waals surface area (Å²) in [5.74, 6) is 0.899. The van der Waals surface area contributed by atoms with Crippen LogP contribution in [0.15, 0.2) is 60.0 Å². The smallest absolute Gasteiger partial charge is 0.254 e. The van der Waals surface area contributed by atoms with Gasteiger partial charge in [0.15, 0.2) is 11.5 Å². The van der Waals surface area contributed by atoms with Crippen LogP contribution in [0.4, 0.5) is 0 Å². The fourth-order valence-electron chi connectivity index (χ4n) is 4.49. The lowest BCUT2D eigenvalue weighted by Crippen LogP contribution is -2.48. The van der Waals surface area contributed by atoms with E-state index in [1.54, 1.807) is 54.7 Å². The molecule has 1 aliphatic heterocycles. The van der Waals surface area contributed by atoms with Gasteiger partial charge in [0, 0.05) is 42.3 Å². The van der Waals surface area contributed by atoms with E-state index in [4.69, 9.17) is 25.8 Å². The van der Waals surface area contributed by atoms with Gasteiger partial charge in [-0.2, -0.15) is 0 Å². The average molecular weight is 543 g/mol. The molecule has 0 spiro atoms. The molecule has 2 amide bonds. The number of fused-ring (bicyclic) bond motifs is 1. The van der Waals surface area contributed by atoms with Gasteiger partial charge in [0.25, 0.3) is 5.91 Å². The molecule has 1 aliphatic rings. The van der Waals surface area contributed by atoms with Gasteiger partial charge in [-0.15, -0.1) is 11.3 Å². The summed E-state index contributed by atoms with van der Waals surface area (Å²) in [6.07, 6.45) is 1.39. The zero-order valence-corrected chi connectivity index (χ0v) is 22.6. The molecule has 196 valence electrons. The Morgan fingerprint density at radius 2 is 1.92 bits per heavy atom. The number of carbonyl (C=O) groups excluding carboxylic acids is 2.